The number of anilines is 1. The first-order valence-corrected chi connectivity index (χ1v) is 8.08. The predicted molar refractivity (Wildman–Crippen MR) is 81.6 cm³/mol. The molecule has 1 aromatic heterocycles. The second kappa shape index (κ2) is 5.24. The van der Waals surface area contributed by atoms with Gasteiger partial charge < -0.3 is 9.31 Å². The summed E-state index contributed by atoms with van der Waals surface area (Å²) in [6.07, 6.45) is 0. The van der Waals surface area contributed by atoms with Crippen molar-refractivity contribution in [3.63, 3.8) is 0 Å². The van der Waals surface area contributed by atoms with E-state index in [1.54, 1.807) is 18.2 Å². The molecule has 0 bridgehead atoms. The van der Waals surface area contributed by atoms with Gasteiger partial charge in [-0.05, 0) is 39.8 Å². The fraction of sp³-hybridized carbons (Fsp3) is 0.583. The molecule has 2 rings (SSSR count). The summed E-state index contributed by atoms with van der Waals surface area (Å²) in [7, 11) is -2.91. The van der Waals surface area contributed by atoms with E-state index in [1.807, 2.05) is 27.7 Å². The number of hydrogen-bond acceptors (Lipinski definition) is 5. The summed E-state index contributed by atoms with van der Waals surface area (Å²) in [4.78, 5) is 4.24. The number of pyridine rings is 1. The quantitative estimate of drug-likeness (QED) is 0.778. The summed E-state index contributed by atoms with van der Waals surface area (Å²) in [5.74, 6) is 0.205. The van der Waals surface area contributed by atoms with E-state index in [0.717, 1.165) is 0 Å². The van der Waals surface area contributed by atoms with Crippen LogP contribution in [0.5, 0.6) is 0 Å². The normalized spacial score (nSPS) is 20.5. The summed E-state index contributed by atoms with van der Waals surface area (Å²) in [6.45, 7) is 7.78. The maximum absolute atomic E-state index is 11.5. The molecule has 1 aliphatic heterocycles. The molecule has 0 atom stereocenters. The van der Waals surface area contributed by atoms with E-state index in [1.165, 1.54) is 7.05 Å². The third kappa shape index (κ3) is 3.37. The monoisotopic (exact) mass is 313 g/mol. The van der Waals surface area contributed by atoms with Gasteiger partial charge in [0.15, 0.2) is 0 Å². The maximum atomic E-state index is 11.5. The van der Waals surface area contributed by atoms with E-state index in [4.69, 9.17) is 9.31 Å². The zero-order chi connectivity index (χ0) is 15.9. The van der Waals surface area contributed by atoms with Crippen molar-refractivity contribution in [3.8, 4) is 0 Å². The van der Waals surface area contributed by atoms with Crippen molar-refractivity contribution >= 4 is 28.7 Å². The first-order chi connectivity index (χ1) is 9.56. The van der Waals surface area contributed by atoms with Crippen LogP contribution in [-0.2, 0) is 19.5 Å². The van der Waals surface area contributed by atoms with Crippen LogP contribution < -0.4 is 15.0 Å². The Morgan fingerprint density at radius 3 is 2.24 bits per heavy atom. The van der Waals surface area contributed by atoms with Gasteiger partial charge in [0, 0.05) is 7.05 Å². The Morgan fingerprint density at radius 1 is 1.14 bits per heavy atom. The van der Waals surface area contributed by atoms with E-state index in [2.05, 4.69) is 14.4 Å². The van der Waals surface area contributed by atoms with Crippen molar-refractivity contribution in [2.45, 2.75) is 38.9 Å². The molecule has 0 spiro atoms. The summed E-state index contributed by atoms with van der Waals surface area (Å²) in [5.41, 5.74) is -0.426. The van der Waals surface area contributed by atoms with Gasteiger partial charge in [-0.3, -0.25) is 4.72 Å². The SMILES string of the molecule is CNS(=O)(=O)Nc1cccc(B2OC(C)(C)C(C)(C)O2)n1. The van der Waals surface area contributed by atoms with Crippen LogP contribution in [0.2, 0.25) is 0 Å². The maximum Gasteiger partial charge on any atom is 0.514 e. The van der Waals surface area contributed by atoms with Gasteiger partial charge in [0.25, 0.3) is 10.2 Å². The summed E-state index contributed by atoms with van der Waals surface area (Å²) in [5, 5.41) is 0. The number of aromatic nitrogens is 1. The molecule has 1 aromatic rings. The van der Waals surface area contributed by atoms with E-state index in [9.17, 15) is 8.42 Å². The molecule has 9 heteroatoms. The predicted octanol–water partition coefficient (Wildman–Crippen LogP) is 0.257. The lowest BCUT2D eigenvalue weighted by molar-refractivity contribution is 0.00578. The number of nitrogens with zero attached hydrogens (tertiary/aromatic N) is 1. The highest BCUT2D eigenvalue weighted by Crippen LogP contribution is 2.36. The minimum Gasteiger partial charge on any atom is -0.398 e. The Balaban J connectivity index is 2.24. The Bertz CT molecular complexity index is 617. The fourth-order valence-electron chi connectivity index (χ4n) is 1.79. The van der Waals surface area contributed by atoms with Crippen molar-refractivity contribution in [2.24, 2.45) is 0 Å². The van der Waals surface area contributed by atoms with Crippen molar-refractivity contribution in [2.75, 3.05) is 11.8 Å². The largest absolute Gasteiger partial charge is 0.514 e. The topological polar surface area (TPSA) is 89.6 Å². The zero-order valence-electron chi connectivity index (χ0n) is 12.8. The molecule has 1 aliphatic rings. The van der Waals surface area contributed by atoms with E-state index >= 15 is 0 Å². The standard InChI is InChI=1S/C12H20BN3O4S/c1-11(2)12(3,4)20-13(19-11)9-7-6-8-10(15-9)16-21(17,18)14-5/h6-8,14H,1-5H3,(H,15,16). The Kier molecular flexibility index (Phi) is 4.05. The van der Waals surface area contributed by atoms with Crippen LogP contribution in [0.4, 0.5) is 5.82 Å². The highest BCUT2D eigenvalue weighted by molar-refractivity contribution is 7.90. The minimum atomic E-state index is -3.60. The average Bonchev–Trinajstić information content (AvgIpc) is 2.58. The highest BCUT2D eigenvalue weighted by atomic mass is 32.2. The van der Waals surface area contributed by atoms with Gasteiger partial charge in [-0.1, -0.05) is 6.07 Å². The van der Waals surface area contributed by atoms with Gasteiger partial charge in [0.05, 0.1) is 16.8 Å². The molecular formula is C12H20BN3O4S. The highest BCUT2D eigenvalue weighted by Gasteiger charge is 2.52. The van der Waals surface area contributed by atoms with Crippen LogP contribution >= 0.6 is 0 Å². The van der Waals surface area contributed by atoms with E-state index < -0.39 is 28.5 Å². The van der Waals surface area contributed by atoms with E-state index in [-0.39, 0.29) is 5.82 Å². The first-order valence-electron chi connectivity index (χ1n) is 6.60. The number of rotatable bonds is 4. The second-order valence-electron chi connectivity index (χ2n) is 5.85. The molecule has 116 valence electrons. The van der Waals surface area contributed by atoms with Gasteiger partial charge in [-0.25, -0.2) is 9.71 Å². The lowest BCUT2D eigenvalue weighted by Crippen LogP contribution is -2.41. The lowest BCUT2D eigenvalue weighted by Gasteiger charge is -2.32. The molecule has 0 unspecified atom stereocenters. The molecule has 2 N–H and O–H groups in total. The zero-order valence-corrected chi connectivity index (χ0v) is 13.6. The Morgan fingerprint density at radius 2 is 1.71 bits per heavy atom. The molecule has 0 amide bonds. The van der Waals surface area contributed by atoms with Crippen molar-refractivity contribution in [3.05, 3.63) is 18.2 Å². The molecule has 0 saturated carbocycles. The molecule has 21 heavy (non-hydrogen) atoms. The molecule has 7 nitrogen and oxygen atoms in total. The van der Waals surface area contributed by atoms with E-state index in [0.29, 0.717) is 5.59 Å². The van der Waals surface area contributed by atoms with Crippen LogP contribution in [0.1, 0.15) is 27.7 Å². The van der Waals surface area contributed by atoms with Crippen molar-refractivity contribution < 1.29 is 17.7 Å². The van der Waals surface area contributed by atoms with Gasteiger partial charge in [-0.15, -0.1) is 0 Å². The summed E-state index contributed by atoms with van der Waals surface area (Å²) >= 11 is 0. The molecular weight excluding hydrogens is 293 g/mol. The number of nitrogens with one attached hydrogen (secondary N) is 2. The van der Waals surface area contributed by atoms with Gasteiger partial charge >= 0.3 is 7.12 Å². The Labute approximate surface area is 125 Å². The molecule has 1 saturated heterocycles. The second-order valence-corrected chi connectivity index (χ2v) is 7.46. The smallest absolute Gasteiger partial charge is 0.398 e. The molecule has 0 aromatic carbocycles. The molecule has 1 fully saturated rings. The summed E-state index contributed by atoms with van der Waals surface area (Å²) in [6, 6.07) is 4.99. The molecule has 0 aliphatic carbocycles. The Hall–Kier alpha value is -1.16. The van der Waals surface area contributed by atoms with Crippen LogP contribution in [0.3, 0.4) is 0 Å². The average molecular weight is 313 g/mol. The lowest BCUT2D eigenvalue weighted by atomic mass is 9.84. The van der Waals surface area contributed by atoms with Gasteiger partial charge in [-0.2, -0.15) is 8.42 Å². The van der Waals surface area contributed by atoms with Gasteiger partial charge in [0.2, 0.25) is 0 Å². The van der Waals surface area contributed by atoms with Crippen LogP contribution in [0.25, 0.3) is 0 Å². The third-order valence-corrected chi connectivity index (χ3v) is 4.79. The summed E-state index contributed by atoms with van der Waals surface area (Å²) < 4.78 is 39.2. The van der Waals surface area contributed by atoms with Crippen LogP contribution in [0, 0.1) is 0 Å². The van der Waals surface area contributed by atoms with Gasteiger partial charge in [0.1, 0.15) is 5.82 Å². The van der Waals surface area contributed by atoms with Crippen molar-refractivity contribution in [1.82, 2.24) is 9.71 Å². The van der Waals surface area contributed by atoms with Crippen LogP contribution in [0.15, 0.2) is 18.2 Å². The fourth-order valence-corrected chi connectivity index (χ4v) is 2.28. The molecule has 0 radical (unpaired) electrons. The van der Waals surface area contributed by atoms with Crippen molar-refractivity contribution in [1.29, 1.82) is 0 Å². The number of hydrogen-bond donors (Lipinski definition) is 2. The first kappa shape index (κ1) is 16.2. The third-order valence-electron chi connectivity index (χ3n) is 3.77. The molecule has 2 heterocycles. The van der Waals surface area contributed by atoms with Crippen LogP contribution in [-0.4, -0.2) is 38.8 Å². The minimum absolute atomic E-state index is 0.205.